The van der Waals surface area contributed by atoms with Crippen molar-refractivity contribution < 1.29 is 9.90 Å². The van der Waals surface area contributed by atoms with E-state index in [1.54, 1.807) is 18.2 Å². The van der Waals surface area contributed by atoms with Crippen molar-refractivity contribution in [2.24, 2.45) is 0 Å². The minimum atomic E-state index is -0.317. The van der Waals surface area contributed by atoms with E-state index in [1.165, 1.54) is 0 Å². The maximum Gasteiger partial charge on any atom is 0.314 e. The van der Waals surface area contributed by atoms with E-state index >= 15 is 0 Å². The maximum absolute atomic E-state index is 11.2. The number of aliphatic hydroxyl groups excluding tert-OH is 1. The molecule has 3 N–H and O–H groups in total. The molecule has 1 aromatic carbocycles. The fourth-order valence-electron chi connectivity index (χ4n) is 1.30. The van der Waals surface area contributed by atoms with Crippen LogP contribution in [0.4, 0.5) is 4.79 Å². The smallest absolute Gasteiger partial charge is 0.314 e. The molecule has 6 heteroatoms. The van der Waals surface area contributed by atoms with E-state index in [1.807, 2.05) is 0 Å². The van der Waals surface area contributed by atoms with E-state index in [0.717, 1.165) is 5.56 Å². The van der Waals surface area contributed by atoms with Crippen molar-refractivity contribution >= 4 is 29.2 Å². The van der Waals surface area contributed by atoms with E-state index in [9.17, 15) is 4.79 Å². The Bertz CT molecular complexity index is 365. The van der Waals surface area contributed by atoms with Crippen LogP contribution >= 0.6 is 23.2 Å². The fourth-order valence-corrected chi connectivity index (χ4v) is 1.89. The number of rotatable bonds is 5. The summed E-state index contributed by atoms with van der Waals surface area (Å²) in [4.78, 5) is 11.2. The lowest BCUT2D eigenvalue weighted by molar-refractivity contribution is 0.234. The van der Waals surface area contributed by atoms with Gasteiger partial charge in [-0.05, 0) is 24.1 Å². The molecule has 0 radical (unpaired) electrons. The normalized spacial score (nSPS) is 10.1. The second-order valence-corrected chi connectivity index (χ2v) is 4.17. The SMILES string of the molecule is O=C(NCCO)NCCc1c(Cl)cccc1Cl. The Kier molecular flexibility index (Phi) is 6.11. The summed E-state index contributed by atoms with van der Waals surface area (Å²) >= 11 is 12.0. The molecular formula is C11H14Cl2N2O2. The number of halogens is 2. The summed E-state index contributed by atoms with van der Waals surface area (Å²) in [6.07, 6.45) is 0.561. The Morgan fingerprint density at radius 1 is 1.18 bits per heavy atom. The van der Waals surface area contributed by atoms with Gasteiger partial charge in [-0.25, -0.2) is 4.79 Å². The highest BCUT2D eigenvalue weighted by atomic mass is 35.5. The van der Waals surface area contributed by atoms with Crippen LogP contribution in [0.3, 0.4) is 0 Å². The van der Waals surface area contributed by atoms with Gasteiger partial charge in [-0.1, -0.05) is 29.3 Å². The van der Waals surface area contributed by atoms with Gasteiger partial charge in [0.2, 0.25) is 0 Å². The van der Waals surface area contributed by atoms with Crippen LogP contribution in [0.1, 0.15) is 5.56 Å². The third-order valence-electron chi connectivity index (χ3n) is 2.12. The van der Waals surface area contributed by atoms with Gasteiger partial charge in [-0.3, -0.25) is 0 Å². The molecule has 0 aliphatic carbocycles. The highest BCUT2D eigenvalue weighted by Gasteiger charge is 2.05. The molecule has 0 saturated carbocycles. The maximum atomic E-state index is 11.2. The van der Waals surface area contributed by atoms with Crippen molar-refractivity contribution in [3.05, 3.63) is 33.8 Å². The Morgan fingerprint density at radius 2 is 1.76 bits per heavy atom. The Balaban J connectivity index is 2.38. The average molecular weight is 277 g/mol. The summed E-state index contributed by atoms with van der Waals surface area (Å²) in [6.45, 7) is 0.586. The molecule has 0 aromatic heterocycles. The summed E-state index contributed by atoms with van der Waals surface area (Å²) in [7, 11) is 0. The quantitative estimate of drug-likeness (QED) is 0.769. The number of carbonyl (C=O) groups is 1. The number of amides is 2. The van der Waals surface area contributed by atoms with Gasteiger partial charge in [0.05, 0.1) is 6.61 Å². The summed E-state index contributed by atoms with van der Waals surface area (Å²) in [5, 5.41) is 14.8. The number of benzene rings is 1. The lowest BCUT2D eigenvalue weighted by Gasteiger charge is -2.08. The van der Waals surface area contributed by atoms with Gasteiger partial charge in [0.1, 0.15) is 0 Å². The van der Waals surface area contributed by atoms with Crippen LogP contribution in [0.25, 0.3) is 0 Å². The van der Waals surface area contributed by atoms with Crippen LogP contribution in [-0.2, 0) is 6.42 Å². The van der Waals surface area contributed by atoms with Crippen molar-refractivity contribution in [3.8, 4) is 0 Å². The summed E-state index contributed by atoms with van der Waals surface area (Å²) in [6, 6.07) is 4.97. The first-order valence-corrected chi connectivity index (χ1v) is 5.96. The molecule has 0 aliphatic heterocycles. The van der Waals surface area contributed by atoms with Gasteiger partial charge in [0.25, 0.3) is 0 Å². The number of aliphatic hydroxyl groups is 1. The second-order valence-electron chi connectivity index (χ2n) is 3.36. The number of hydrogen-bond donors (Lipinski definition) is 3. The minimum absolute atomic E-state index is 0.0796. The van der Waals surface area contributed by atoms with Crippen molar-refractivity contribution in [2.75, 3.05) is 19.7 Å². The van der Waals surface area contributed by atoms with E-state index in [-0.39, 0.29) is 19.2 Å². The summed E-state index contributed by atoms with van der Waals surface area (Å²) in [5.74, 6) is 0. The lowest BCUT2D eigenvalue weighted by atomic mass is 10.1. The molecule has 2 amide bonds. The van der Waals surface area contributed by atoms with Gasteiger partial charge in [0.15, 0.2) is 0 Å². The Morgan fingerprint density at radius 3 is 2.35 bits per heavy atom. The summed E-state index contributed by atoms with van der Waals surface area (Å²) < 4.78 is 0. The molecule has 0 atom stereocenters. The lowest BCUT2D eigenvalue weighted by Crippen LogP contribution is -2.38. The third kappa shape index (κ3) is 4.81. The monoisotopic (exact) mass is 276 g/mol. The molecular weight excluding hydrogens is 263 g/mol. The minimum Gasteiger partial charge on any atom is -0.395 e. The predicted molar refractivity (Wildman–Crippen MR) is 68.7 cm³/mol. The molecule has 0 spiro atoms. The molecule has 0 aliphatic rings. The molecule has 0 heterocycles. The van der Waals surface area contributed by atoms with Crippen LogP contribution in [0, 0.1) is 0 Å². The molecule has 0 bridgehead atoms. The highest BCUT2D eigenvalue weighted by molar-refractivity contribution is 6.35. The topological polar surface area (TPSA) is 61.4 Å². The average Bonchev–Trinajstić information content (AvgIpc) is 2.30. The molecule has 94 valence electrons. The van der Waals surface area contributed by atoms with Gasteiger partial charge in [0, 0.05) is 23.1 Å². The standard InChI is InChI=1S/C11H14Cl2N2O2/c12-9-2-1-3-10(13)8(9)4-5-14-11(17)15-6-7-16/h1-3,16H,4-7H2,(H2,14,15,17). The first kappa shape index (κ1) is 14.1. The Hall–Kier alpha value is -0.970. The van der Waals surface area contributed by atoms with E-state index in [0.29, 0.717) is 23.0 Å². The van der Waals surface area contributed by atoms with E-state index in [2.05, 4.69) is 10.6 Å². The van der Waals surface area contributed by atoms with Gasteiger partial charge < -0.3 is 15.7 Å². The first-order valence-electron chi connectivity index (χ1n) is 5.20. The van der Waals surface area contributed by atoms with Crippen molar-refractivity contribution in [1.29, 1.82) is 0 Å². The van der Waals surface area contributed by atoms with Gasteiger partial charge in [-0.15, -0.1) is 0 Å². The molecule has 0 unspecified atom stereocenters. The molecule has 1 aromatic rings. The number of urea groups is 1. The third-order valence-corrected chi connectivity index (χ3v) is 2.83. The molecule has 4 nitrogen and oxygen atoms in total. The second kappa shape index (κ2) is 7.37. The molecule has 1 rings (SSSR count). The zero-order valence-electron chi connectivity index (χ0n) is 9.17. The van der Waals surface area contributed by atoms with E-state index in [4.69, 9.17) is 28.3 Å². The zero-order valence-corrected chi connectivity index (χ0v) is 10.7. The van der Waals surface area contributed by atoms with Crippen LogP contribution in [0.5, 0.6) is 0 Å². The van der Waals surface area contributed by atoms with Gasteiger partial charge in [-0.2, -0.15) is 0 Å². The predicted octanol–water partition coefficient (Wildman–Crippen LogP) is 1.83. The molecule has 0 fully saturated rings. The van der Waals surface area contributed by atoms with Crippen molar-refractivity contribution in [2.45, 2.75) is 6.42 Å². The number of nitrogens with one attached hydrogen (secondary N) is 2. The molecule has 17 heavy (non-hydrogen) atoms. The van der Waals surface area contributed by atoms with Crippen LogP contribution in [0.2, 0.25) is 10.0 Å². The van der Waals surface area contributed by atoms with E-state index < -0.39 is 0 Å². The van der Waals surface area contributed by atoms with Crippen molar-refractivity contribution in [3.63, 3.8) is 0 Å². The van der Waals surface area contributed by atoms with Crippen LogP contribution in [0.15, 0.2) is 18.2 Å². The largest absolute Gasteiger partial charge is 0.395 e. The zero-order chi connectivity index (χ0) is 12.7. The first-order chi connectivity index (χ1) is 8.15. The number of carbonyl (C=O) groups excluding carboxylic acids is 1. The highest BCUT2D eigenvalue weighted by Crippen LogP contribution is 2.24. The van der Waals surface area contributed by atoms with Crippen molar-refractivity contribution in [1.82, 2.24) is 10.6 Å². The molecule has 0 saturated heterocycles. The van der Waals surface area contributed by atoms with Crippen LogP contribution < -0.4 is 10.6 Å². The van der Waals surface area contributed by atoms with Gasteiger partial charge >= 0.3 is 6.03 Å². The van der Waals surface area contributed by atoms with Crippen LogP contribution in [-0.4, -0.2) is 30.8 Å². The fraction of sp³-hybridized carbons (Fsp3) is 0.364. The summed E-state index contributed by atoms with van der Waals surface area (Å²) in [5.41, 5.74) is 0.818. The Labute approximate surface area is 110 Å². The number of hydrogen-bond acceptors (Lipinski definition) is 2.